The molecule has 1 heterocycles. The molecule has 1 aliphatic rings. The van der Waals surface area contributed by atoms with Crippen LogP contribution in [0.2, 0.25) is 0 Å². The van der Waals surface area contributed by atoms with Crippen LogP contribution in [-0.2, 0) is 6.42 Å². The van der Waals surface area contributed by atoms with Crippen molar-refractivity contribution in [3.8, 4) is 5.75 Å². The van der Waals surface area contributed by atoms with Crippen molar-refractivity contribution in [2.75, 3.05) is 12.8 Å². The Bertz CT molecular complexity index is 789. The molecule has 3 rings (SSSR count). The van der Waals surface area contributed by atoms with E-state index in [0.29, 0.717) is 24.1 Å². The Hall–Kier alpha value is -2.96. The first-order valence-electron chi connectivity index (χ1n) is 7.14. The number of methoxy groups -OCH3 is 1. The van der Waals surface area contributed by atoms with Gasteiger partial charge in [-0.15, -0.1) is 0 Å². The summed E-state index contributed by atoms with van der Waals surface area (Å²) in [6.07, 6.45) is 1.96. The van der Waals surface area contributed by atoms with Crippen molar-refractivity contribution in [3.05, 3.63) is 46.8 Å². The topological polar surface area (TPSA) is 111 Å². The van der Waals surface area contributed by atoms with Gasteiger partial charge in [0.05, 0.1) is 24.6 Å². The zero-order valence-corrected chi connectivity index (χ0v) is 12.6. The number of oxime groups is 1. The number of nitrogens with two attached hydrogens (primary N) is 1. The van der Waals surface area contributed by atoms with Crippen LogP contribution in [-0.4, -0.2) is 34.3 Å². The number of nitrogens with zero attached hydrogens (tertiary/aromatic N) is 3. The maximum atomic E-state index is 12.6. The van der Waals surface area contributed by atoms with Gasteiger partial charge >= 0.3 is 0 Å². The zero-order chi connectivity index (χ0) is 16.4. The molecule has 1 atom stereocenters. The van der Waals surface area contributed by atoms with Gasteiger partial charge in [0.1, 0.15) is 11.4 Å². The molecule has 0 aliphatic heterocycles. The first kappa shape index (κ1) is 15.0. The normalized spacial score (nSPS) is 17.3. The van der Waals surface area contributed by atoms with Gasteiger partial charge in [-0.3, -0.25) is 4.79 Å². The summed E-state index contributed by atoms with van der Waals surface area (Å²) in [4.78, 5) is 20.7. The third-order valence-corrected chi connectivity index (χ3v) is 3.94. The fraction of sp³-hybridized carbons (Fsp3) is 0.250. The number of para-hydroxylation sites is 1. The minimum Gasteiger partial charge on any atom is -0.496 e. The van der Waals surface area contributed by atoms with Crippen LogP contribution in [0, 0.1) is 0 Å². The van der Waals surface area contributed by atoms with E-state index in [1.807, 2.05) is 24.3 Å². The van der Waals surface area contributed by atoms with Crippen molar-refractivity contribution in [2.45, 2.75) is 18.8 Å². The van der Waals surface area contributed by atoms with Gasteiger partial charge in [-0.05, 0) is 18.1 Å². The molecular weight excluding hydrogens is 296 g/mol. The van der Waals surface area contributed by atoms with Crippen LogP contribution in [0.25, 0.3) is 0 Å². The van der Waals surface area contributed by atoms with Crippen molar-refractivity contribution in [3.63, 3.8) is 0 Å². The number of anilines is 1. The first-order chi connectivity index (χ1) is 11.1. The van der Waals surface area contributed by atoms with Crippen molar-refractivity contribution >= 4 is 17.9 Å². The van der Waals surface area contributed by atoms with Crippen LogP contribution in [0.3, 0.4) is 0 Å². The quantitative estimate of drug-likeness (QED) is 0.508. The average Bonchev–Trinajstić information content (AvgIpc) is 2.54. The number of aromatic nitrogens is 2. The van der Waals surface area contributed by atoms with Crippen LogP contribution in [0.5, 0.6) is 5.75 Å². The molecule has 1 aliphatic carbocycles. The molecule has 1 aromatic heterocycles. The second-order valence-electron chi connectivity index (χ2n) is 5.30. The highest BCUT2D eigenvalue weighted by atomic mass is 16.5. The molecule has 1 aromatic carbocycles. The van der Waals surface area contributed by atoms with E-state index in [2.05, 4.69) is 15.1 Å². The standard InChI is InChI=1S/C16H16N4O3/c1-23-14-5-3-2-4-10(14)9-6-11-15(13(21)7-9)12(8-18-22)20-16(17)19-11/h2-5,8-9,22H,6-7H2,1H3,(H2,17,19,20). The highest BCUT2D eigenvalue weighted by Crippen LogP contribution is 2.36. The summed E-state index contributed by atoms with van der Waals surface area (Å²) in [6, 6.07) is 7.61. The second kappa shape index (κ2) is 6.04. The minimum atomic E-state index is -0.0999. The van der Waals surface area contributed by atoms with Crippen molar-refractivity contribution in [2.24, 2.45) is 5.16 Å². The van der Waals surface area contributed by atoms with Crippen LogP contribution >= 0.6 is 0 Å². The van der Waals surface area contributed by atoms with Crippen LogP contribution in [0.1, 0.15) is 39.6 Å². The summed E-state index contributed by atoms with van der Waals surface area (Å²) in [6.45, 7) is 0. The van der Waals surface area contributed by atoms with E-state index in [1.54, 1.807) is 7.11 Å². The van der Waals surface area contributed by atoms with Crippen molar-refractivity contribution in [1.29, 1.82) is 0 Å². The number of carbonyl (C=O) groups is 1. The Morgan fingerprint density at radius 3 is 2.87 bits per heavy atom. The Morgan fingerprint density at radius 2 is 2.13 bits per heavy atom. The number of rotatable bonds is 3. The zero-order valence-electron chi connectivity index (χ0n) is 12.6. The van der Waals surface area contributed by atoms with Crippen LogP contribution in [0.4, 0.5) is 5.95 Å². The molecule has 23 heavy (non-hydrogen) atoms. The first-order valence-corrected chi connectivity index (χ1v) is 7.14. The predicted molar refractivity (Wildman–Crippen MR) is 84.2 cm³/mol. The van der Waals surface area contributed by atoms with Gasteiger partial charge in [-0.25, -0.2) is 9.97 Å². The lowest BCUT2D eigenvalue weighted by Gasteiger charge is -2.25. The molecule has 0 saturated carbocycles. The predicted octanol–water partition coefficient (Wildman–Crippen LogP) is 1.79. The van der Waals surface area contributed by atoms with Crippen molar-refractivity contribution in [1.82, 2.24) is 9.97 Å². The smallest absolute Gasteiger partial charge is 0.220 e. The summed E-state index contributed by atoms with van der Waals surface area (Å²) in [5, 5.41) is 11.7. The third kappa shape index (κ3) is 2.73. The molecule has 3 N–H and O–H groups in total. The minimum absolute atomic E-state index is 0.0423. The van der Waals surface area contributed by atoms with Gasteiger partial charge < -0.3 is 15.7 Å². The Kier molecular flexibility index (Phi) is 3.92. The summed E-state index contributed by atoms with van der Waals surface area (Å²) >= 11 is 0. The molecule has 0 spiro atoms. The molecule has 7 heteroatoms. The number of Topliss-reactive ketones (excluding diaryl/α,β-unsaturated/α-hetero) is 1. The number of hydrogen-bond acceptors (Lipinski definition) is 7. The van der Waals surface area contributed by atoms with E-state index in [4.69, 9.17) is 15.7 Å². The van der Waals surface area contributed by atoms with E-state index < -0.39 is 0 Å². The molecule has 7 nitrogen and oxygen atoms in total. The summed E-state index contributed by atoms with van der Waals surface area (Å²) in [5.74, 6) is 0.650. The molecule has 0 amide bonds. The number of carbonyl (C=O) groups excluding carboxylic acids is 1. The largest absolute Gasteiger partial charge is 0.496 e. The number of nitrogen functional groups attached to an aromatic ring is 1. The Morgan fingerprint density at radius 1 is 1.35 bits per heavy atom. The molecule has 0 fully saturated rings. The average molecular weight is 312 g/mol. The SMILES string of the molecule is COc1ccccc1C1CC(=O)c2c(C=NO)nc(N)nc2C1. The molecule has 1 unspecified atom stereocenters. The van der Waals surface area contributed by atoms with Gasteiger partial charge in [0.25, 0.3) is 0 Å². The van der Waals surface area contributed by atoms with Gasteiger partial charge in [-0.2, -0.15) is 0 Å². The molecule has 118 valence electrons. The van der Waals surface area contributed by atoms with Gasteiger partial charge in [0.2, 0.25) is 5.95 Å². The van der Waals surface area contributed by atoms with Gasteiger partial charge in [0, 0.05) is 12.3 Å². The number of fused-ring (bicyclic) bond motifs is 1. The maximum absolute atomic E-state index is 12.6. The van der Waals surface area contributed by atoms with Crippen LogP contribution < -0.4 is 10.5 Å². The fourth-order valence-electron chi connectivity index (χ4n) is 3.00. The molecule has 0 bridgehead atoms. The highest BCUT2D eigenvalue weighted by Gasteiger charge is 2.31. The van der Waals surface area contributed by atoms with Crippen LogP contribution in [0.15, 0.2) is 29.4 Å². The molecule has 0 radical (unpaired) electrons. The lowest BCUT2D eigenvalue weighted by Crippen LogP contribution is -2.24. The van der Waals surface area contributed by atoms with E-state index in [0.717, 1.165) is 17.5 Å². The third-order valence-electron chi connectivity index (χ3n) is 3.94. The lowest BCUT2D eigenvalue weighted by atomic mass is 9.81. The highest BCUT2D eigenvalue weighted by molar-refractivity contribution is 6.04. The Balaban J connectivity index is 2.06. The number of ketones is 1. The maximum Gasteiger partial charge on any atom is 0.220 e. The summed E-state index contributed by atoms with van der Waals surface area (Å²) < 4.78 is 5.38. The number of benzene rings is 1. The van der Waals surface area contributed by atoms with Gasteiger partial charge in [0.15, 0.2) is 5.78 Å². The second-order valence-corrected chi connectivity index (χ2v) is 5.30. The van der Waals surface area contributed by atoms with Crippen molar-refractivity contribution < 1.29 is 14.7 Å². The van der Waals surface area contributed by atoms with E-state index in [-0.39, 0.29) is 23.3 Å². The Labute approximate surface area is 132 Å². The summed E-state index contributed by atoms with van der Waals surface area (Å²) in [7, 11) is 1.60. The van der Waals surface area contributed by atoms with E-state index in [1.165, 1.54) is 0 Å². The fourth-order valence-corrected chi connectivity index (χ4v) is 3.00. The molecule has 2 aromatic rings. The van der Waals surface area contributed by atoms with E-state index >= 15 is 0 Å². The van der Waals surface area contributed by atoms with E-state index in [9.17, 15) is 4.79 Å². The lowest BCUT2D eigenvalue weighted by molar-refractivity contribution is 0.0962. The number of ether oxygens (including phenoxy) is 1. The molecular formula is C16H16N4O3. The molecule has 0 saturated heterocycles. The number of hydrogen-bond donors (Lipinski definition) is 2. The van der Waals surface area contributed by atoms with Gasteiger partial charge in [-0.1, -0.05) is 23.4 Å². The summed E-state index contributed by atoms with van der Waals surface area (Å²) in [5.41, 5.74) is 7.85. The monoisotopic (exact) mass is 312 g/mol.